The molecule has 2 aromatic rings. The Kier molecular flexibility index (Phi) is 6.09. The molecule has 0 radical (unpaired) electrons. The number of likely N-dealkylation sites (tertiary alicyclic amines) is 1. The Bertz CT molecular complexity index is 717. The predicted molar refractivity (Wildman–Crippen MR) is 104 cm³/mol. The van der Waals surface area contributed by atoms with Crippen LogP contribution in [0.5, 0.6) is 0 Å². The van der Waals surface area contributed by atoms with Gasteiger partial charge < -0.3 is 5.32 Å². The third-order valence-electron chi connectivity index (χ3n) is 5.47. The summed E-state index contributed by atoms with van der Waals surface area (Å²) >= 11 is 0. The van der Waals surface area contributed by atoms with Gasteiger partial charge in [0.25, 0.3) is 5.91 Å². The van der Waals surface area contributed by atoms with Crippen molar-refractivity contribution in [3.05, 3.63) is 53.3 Å². The molecule has 26 heavy (non-hydrogen) atoms. The highest BCUT2D eigenvalue weighted by Gasteiger charge is 2.23. The normalized spacial score (nSPS) is 17.2. The molecule has 1 aromatic heterocycles. The van der Waals surface area contributed by atoms with E-state index in [2.05, 4.69) is 59.5 Å². The number of nitrogens with zero attached hydrogens (tertiary/aromatic N) is 3. The fraction of sp³-hybridized carbons (Fsp3) is 0.524. The Morgan fingerprint density at radius 2 is 1.96 bits per heavy atom. The summed E-state index contributed by atoms with van der Waals surface area (Å²) in [5, 5.41) is 7.62. The molecule has 1 amide bonds. The van der Waals surface area contributed by atoms with Crippen LogP contribution < -0.4 is 5.32 Å². The van der Waals surface area contributed by atoms with Crippen LogP contribution in [0.2, 0.25) is 0 Å². The maximum atomic E-state index is 12.7. The Balaban J connectivity index is 1.51. The summed E-state index contributed by atoms with van der Waals surface area (Å²) in [4.78, 5) is 15.1. The highest BCUT2D eigenvalue weighted by Crippen LogP contribution is 2.18. The molecule has 0 spiro atoms. The lowest BCUT2D eigenvalue weighted by molar-refractivity contribution is 0.0908. The molecule has 3 rings (SSSR count). The number of hydrogen-bond acceptors (Lipinski definition) is 3. The Morgan fingerprint density at radius 1 is 1.27 bits per heavy atom. The second-order valence-corrected chi connectivity index (χ2v) is 7.35. The third-order valence-corrected chi connectivity index (χ3v) is 5.47. The smallest absolute Gasteiger partial charge is 0.254 e. The molecular formula is C21H30N4O. The molecule has 0 unspecified atom stereocenters. The van der Waals surface area contributed by atoms with Gasteiger partial charge in [0.05, 0.1) is 11.8 Å². The second-order valence-electron chi connectivity index (χ2n) is 7.35. The fourth-order valence-electron chi connectivity index (χ4n) is 3.60. The number of carbonyl (C=O) groups excluding carboxylic acids is 1. The zero-order valence-corrected chi connectivity index (χ0v) is 16.1. The highest BCUT2D eigenvalue weighted by molar-refractivity contribution is 5.95. The summed E-state index contributed by atoms with van der Waals surface area (Å²) in [7, 11) is 0. The van der Waals surface area contributed by atoms with Crippen LogP contribution in [-0.4, -0.2) is 39.7 Å². The lowest BCUT2D eigenvalue weighted by Crippen LogP contribution is -2.44. The van der Waals surface area contributed by atoms with E-state index in [9.17, 15) is 4.79 Å². The first-order valence-electron chi connectivity index (χ1n) is 9.69. The van der Waals surface area contributed by atoms with Crippen molar-refractivity contribution < 1.29 is 4.79 Å². The minimum Gasteiger partial charge on any atom is -0.349 e. The summed E-state index contributed by atoms with van der Waals surface area (Å²) in [6.45, 7) is 9.27. The van der Waals surface area contributed by atoms with E-state index < -0.39 is 0 Å². The number of aromatic nitrogens is 2. The minimum absolute atomic E-state index is 0.0126. The number of nitrogens with one attached hydrogen (secondary N) is 1. The average molecular weight is 354 g/mol. The van der Waals surface area contributed by atoms with Crippen LogP contribution in [0.3, 0.4) is 0 Å². The summed E-state index contributed by atoms with van der Waals surface area (Å²) < 4.78 is 1.96. The first-order valence-corrected chi connectivity index (χ1v) is 9.69. The number of carbonyl (C=O) groups is 1. The van der Waals surface area contributed by atoms with Gasteiger partial charge in [-0.2, -0.15) is 5.10 Å². The van der Waals surface area contributed by atoms with Crippen molar-refractivity contribution in [1.82, 2.24) is 20.0 Å². The molecule has 1 aliphatic heterocycles. The maximum Gasteiger partial charge on any atom is 0.254 e. The molecule has 0 aliphatic carbocycles. The van der Waals surface area contributed by atoms with Crippen molar-refractivity contribution in [2.45, 2.75) is 58.7 Å². The van der Waals surface area contributed by atoms with E-state index in [0.717, 1.165) is 44.6 Å². The van der Waals surface area contributed by atoms with Crippen LogP contribution >= 0.6 is 0 Å². The first kappa shape index (κ1) is 18.6. The van der Waals surface area contributed by atoms with Crippen molar-refractivity contribution in [1.29, 1.82) is 0 Å². The molecule has 1 aliphatic rings. The summed E-state index contributed by atoms with van der Waals surface area (Å²) in [6.07, 6.45) is 4.71. The molecule has 2 heterocycles. The van der Waals surface area contributed by atoms with Gasteiger partial charge in [0.15, 0.2) is 0 Å². The van der Waals surface area contributed by atoms with E-state index in [-0.39, 0.29) is 11.9 Å². The van der Waals surface area contributed by atoms with Gasteiger partial charge in [0, 0.05) is 37.4 Å². The van der Waals surface area contributed by atoms with Crippen LogP contribution in [-0.2, 0) is 6.54 Å². The number of amides is 1. The molecule has 1 N–H and O–H groups in total. The number of benzene rings is 1. The topological polar surface area (TPSA) is 50.2 Å². The lowest BCUT2D eigenvalue weighted by Gasteiger charge is -2.32. The highest BCUT2D eigenvalue weighted by atomic mass is 16.1. The Hall–Kier alpha value is -2.14. The van der Waals surface area contributed by atoms with Gasteiger partial charge in [-0.25, -0.2) is 0 Å². The van der Waals surface area contributed by atoms with Crippen molar-refractivity contribution in [2.24, 2.45) is 0 Å². The molecule has 5 nitrogen and oxygen atoms in total. The minimum atomic E-state index is 0.0126. The molecule has 5 heteroatoms. The van der Waals surface area contributed by atoms with Gasteiger partial charge >= 0.3 is 0 Å². The van der Waals surface area contributed by atoms with Crippen LogP contribution in [0.1, 0.15) is 60.8 Å². The monoisotopic (exact) mass is 354 g/mol. The SMILES string of the molecule is CC[C@@H](C)n1ncc(C(=O)NC2CCN(Cc3ccccc3)CC2)c1C. The number of hydrogen-bond donors (Lipinski definition) is 1. The molecular weight excluding hydrogens is 324 g/mol. The van der Waals surface area contributed by atoms with Gasteiger partial charge in [-0.3, -0.25) is 14.4 Å². The zero-order valence-electron chi connectivity index (χ0n) is 16.1. The molecule has 0 saturated carbocycles. The van der Waals surface area contributed by atoms with E-state index in [0.29, 0.717) is 11.6 Å². The largest absolute Gasteiger partial charge is 0.349 e. The third kappa shape index (κ3) is 4.33. The van der Waals surface area contributed by atoms with Crippen molar-refractivity contribution >= 4 is 5.91 Å². The summed E-state index contributed by atoms with van der Waals surface area (Å²) in [5.41, 5.74) is 3.01. The van der Waals surface area contributed by atoms with Gasteiger partial charge in [0.1, 0.15) is 0 Å². The van der Waals surface area contributed by atoms with E-state index in [1.54, 1.807) is 6.20 Å². The standard InChI is InChI=1S/C21H30N4O/c1-4-16(2)25-17(3)20(14-22-25)21(26)23-19-10-12-24(13-11-19)15-18-8-6-5-7-9-18/h5-9,14,16,19H,4,10-13,15H2,1-3H3,(H,23,26)/t16-/m1/s1. The maximum absolute atomic E-state index is 12.7. The van der Waals surface area contributed by atoms with Gasteiger partial charge in [-0.1, -0.05) is 37.3 Å². The number of piperidine rings is 1. The van der Waals surface area contributed by atoms with Crippen molar-refractivity contribution in [2.75, 3.05) is 13.1 Å². The second kappa shape index (κ2) is 8.49. The summed E-state index contributed by atoms with van der Waals surface area (Å²) in [5.74, 6) is 0.0126. The molecule has 1 fully saturated rings. The predicted octanol–water partition coefficient (Wildman–Crippen LogP) is 3.56. The van der Waals surface area contributed by atoms with Crippen molar-refractivity contribution in [3.8, 4) is 0 Å². The van der Waals surface area contributed by atoms with Gasteiger partial charge in [-0.05, 0) is 38.7 Å². The average Bonchev–Trinajstić information content (AvgIpc) is 3.05. The molecule has 1 atom stereocenters. The zero-order chi connectivity index (χ0) is 18.5. The Labute approximate surface area is 156 Å². The van der Waals surface area contributed by atoms with Crippen molar-refractivity contribution in [3.63, 3.8) is 0 Å². The number of rotatable bonds is 6. The van der Waals surface area contributed by atoms with E-state index >= 15 is 0 Å². The molecule has 1 aromatic carbocycles. The molecule has 1 saturated heterocycles. The van der Waals surface area contributed by atoms with Crippen LogP contribution in [0, 0.1) is 6.92 Å². The first-order chi connectivity index (χ1) is 12.6. The van der Waals surface area contributed by atoms with E-state index in [1.165, 1.54) is 5.56 Å². The van der Waals surface area contributed by atoms with Crippen LogP contribution in [0.25, 0.3) is 0 Å². The Morgan fingerprint density at radius 3 is 2.62 bits per heavy atom. The van der Waals surface area contributed by atoms with Crippen LogP contribution in [0.15, 0.2) is 36.5 Å². The van der Waals surface area contributed by atoms with Gasteiger partial charge in [-0.15, -0.1) is 0 Å². The lowest BCUT2D eigenvalue weighted by atomic mass is 10.0. The van der Waals surface area contributed by atoms with Crippen LogP contribution in [0.4, 0.5) is 0 Å². The van der Waals surface area contributed by atoms with E-state index in [1.807, 2.05) is 11.6 Å². The van der Waals surface area contributed by atoms with E-state index in [4.69, 9.17) is 0 Å². The molecule has 0 bridgehead atoms. The quantitative estimate of drug-likeness (QED) is 0.863. The molecule has 140 valence electrons. The van der Waals surface area contributed by atoms with Gasteiger partial charge in [0.2, 0.25) is 0 Å². The fourth-order valence-corrected chi connectivity index (χ4v) is 3.60. The summed E-state index contributed by atoms with van der Waals surface area (Å²) in [6, 6.07) is 11.1.